The molecule has 10 heteroatoms. The van der Waals surface area contributed by atoms with E-state index in [4.69, 9.17) is 4.74 Å². The van der Waals surface area contributed by atoms with Crippen LogP contribution >= 0.6 is 0 Å². The Kier molecular flexibility index (Phi) is 7.69. The maximum atomic E-state index is 13.1. The van der Waals surface area contributed by atoms with Crippen LogP contribution in [0.15, 0.2) is 48.5 Å². The second-order valence-corrected chi connectivity index (χ2v) is 9.07. The number of halogens is 1. The third-order valence-electron chi connectivity index (χ3n) is 4.95. The molecule has 8 nitrogen and oxygen atoms in total. The first kappa shape index (κ1) is 23.5. The number of rotatable bonds is 6. The lowest BCUT2D eigenvalue weighted by Gasteiger charge is -2.35. The Morgan fingerprint density at radius 3 is 2.50 bits per heavy atom. The van der Waals surface area contributed by atoms with Crippen LogP contribution in [0.4, 0.5) is 10.1 Å². The molecule has 170 valence electrons. The molecular formula is C22H24FN3O5S. The van der Waals surface area contributed by atoms with Gasteiger partial charge in [-0.25, -0.2) is 17.9 Å². The van der Waals surface area contributed by atoms with Crippen LogP contribution in [0.5, 0.6) is 5.75 Å². The Bertz CT molecular complexity index is 1100. The Hall–Kier alpha value is -3.13. The highest BCUT2D eigenvalue weighted by Gasteiger charge is 2.30. The topological polar surface area (TPSA) is 90.4 Å². The second-order valence-electron chi connectivity index (χ2n) is 7.10. The molecule has 1 aliphatic rings. The highest BCUT2D eigenvalue weighted by molar-refractivity contribution is 7.89. The number of nitrogens with zero attached hydrogens (tertiary/aromatic N) is 3. The van der Waals surface area contributed by atoms with E-state index in [1.807, 2.05) is 4.90 Å². The zero-order valence-corrected chi connectivity index (χ0v) is 18.4. The standard InChI is InChI=1S/C22H24FN3O5S/c1-31-21-6-2-4-18(16-21)5-3-11-26(28)22(27)17-32(29,30)25-14-12-24(13-15-25)20-9-7-19(23)8-10-20/h2,4,6-10,16,28H,11-15,17H2,1H3. The number of hydroxylamine groups is 2. The lowest BCUT2D eigenvalue weighted by molar-refractivity contribution is -0.159. The Morgan fingerprint density at radius 2 is 1.84 bits per heavy atom. The number of amides is 1. The van der Waals surface area contributed by atoms with E-state index in [9.17, 15) is 22.8 Å². The smallest absolute Gasteiger partial charge is 0.263 e. The first-order chi connectivity index (χ1) is 15.3. The molecule has 1 heterocycles. The van der Waals surface area contributed by atoms with E-state index in [0.717, 1.165) is 5.69 Å². The third-order valence-corrected chi connectivity index (χ3v) is 6.71. The van der Waals surface area contributed by atoms with Gasteiger partial charge in [0.1, 0.15) is 23.9 Å². The summed E-state index contributed by atoms with van der Waals surface area (Å²) in [4.78, 5) is 14.1. The van der Waals surface area contributed by atoms with Crippen LogP contribution in [0, 0.1) is 17.7 Å². The second kappa shape index (κ2) is 10.5. The van der Waals surface area contributed by atoms with E-state index >= 15 is 0 Å². The molecule has 2 aromatic carbocycles. The third kappa shape index (κ3) is 6.20. The number of piperazine rings is 1. The zero-order valence-electron chi connectivity index (χ0n) is 17.6. The summed E-state index contributed by atoms with van der Waals surface area (Å²) < 4.78 is 44.6. The summed E-state index contributed by atoms with van der Waals surface area (Å²) >= 11 is 0. The number of hydrogen-bond acceptors (Lipinski definition) is 6. The number of anilines is 1. The Labute approximate surface area is 186 Å². The molecule has 1 saturated heterocycles. The number of sulfonamides is 1. The van der Waals surface area contributed by atoms with Gasteiger partial charge in [0.2, 0.25) is 10.0 Å². The van der Waals surface area contributed by atoms with Crippen LogP contribution in [0.25, 0.3) is 0 Å². The summed E-state index contributed by atoms with van der Waals surface area (Å²) in [6, 6.07) is 12.9. The van der Waals surface area contributed by atoms with E-state index in [1.54, 1.807) is 36.4 Å². The average Bonchev–Trinajstić information content (AvgIpc) is 2.79. The van der Waals surface area contributed by atoms with E-state index in [2.05, 4.69) is 11.8 Å². The van der Waals surface area contributed by atoms with Gasteiger partial charge in [-0.1, -0.05) is 17.9 Å². The van der Waals surface area contributed by atoms with Crippen LogP contribution in [-0.2, 0) is 14.8 Å². The van der Waals surface area contributed by atoms with Gasteiger partial charge in [-0.2, -0.15) is 4.31 Å². The van der Waals surface area contributed by atoms with Gasteiger partial charge >= 0.3 is 0 Å². The van der Waals surface area contributed by atoms with Crippen molar-refractivity contribution in [1.29, 1.82) is 0 Å². The molecule has 1 aliphatic heterocycles. The lowest BCUT2D eigenvalue weighted by atomic mass is 10.2. The molecule has 32 heavy (non-hydrogen) atoms. The van der Waals surface area contributed by atoms with Crippen LogP contribution in [0.2, 0.25) is 0 Å². The fourth-order valence-electron chi connectivity index (χ4n) is 3.20. The number of benzene rings is 2. The molecule has 0 aliphatic carbocycles. The summed E-state index contributed by atoms with van der Waals surface area (Å²) in [5, 5.41) is 10.2. The number of methoxy groups -OCH3 is 1. The van der Waals surface area contributed by atoms with Gasteiger partial charge in [0.15, 0.2) is 0 Å². The molecule has 0 aromatic heterocycles. The van der Waals surface area contributed by atoms with Crippen molar-refractivity contribution in [3.63, 3.8) is 0 Å². The Morgan fingerprint density at radius 1 is 1.16 bits per heavy atom. The average molecular weight is 462 g/mol. The van der Waals surface area contributed by atoms with E-state index in [-0.39, 0.29) is 25.5 Å². The summed E-state index contributed by atoms with van der Waals surface area (Å²) in [7, 11) is -2.36. The highest BCUT2D eigenvalue weighted by Crippen LogP contribution is 2.18. The van der Waals surface area contributed by atoms with Crippen LogP contribution in [0.1, 0.15) is 5.56 Å². The maximum absolute atomic E-state index is 13.1. The van der Waals surface area contributed by atoms with Gasteiger partial charge in [0, 0.05) is 37.4 Å². The molecule has 1 N–H and O–H groups in total. The molecule has 0 unspecified atom stereocenters. The van der Waals surface area contributed by atoms with Crippen molar-refractivity contribution in [2.24, 2.45) is 0 Å². The quantitative estimate of drug-likeness (QED) is 0.399. The van der Waals surface area contributed by atoms with Gasteiger partial charge in [-0.15, -0.1) is 0 Å². The Balaban J connectivity index is 1.51. The number of carbonyl (C=O) groups is 1. The van der Waals surface area contributed by atoms with Gasteiger partial charge in [0.05, 0.1) is 7.11 Å². The van der Waals surface area contributed by atoms with Crippen molar-refractivity contribution >= 4 is 21.6 Å². The van der Waals surface area contributed by atoms with Crippen LogP contribution in [-0.4, -0.2) is 74.5 Å². The molecule has 0 radical (unpaired) electrons. The molecule has 0 atom stereocenters. The first-order valence-electron chi connectivity index (χ1n) is 9.89. The molecule has 3 rings (SSSR count). The van der Waals surface area contributed by atoms with Crippen molar-refractivity contribution in [1.82, 2.24) is 9.37 Å². The molecule has 1 amide bonds. The summed E-state index contributed by atoms with van der Waals surface area (Å²) in [5.74, 6) is 3.90. The van der Waals surface area contributed by atoms with E-state index < -0.39 is 21.7 Å². The van der Waals surface area contributed by atoms with Crippen LogP contribution < -0.4 is 9.64 Å². The zero-order chi connectivity index (χ0) is 23.1. The van der Waals surface area contributed by atoms with Gasteiger partial charge in [0.25, 0.3) is 5.91 Å². The van der Waals surface area contributed by atoms with Crippen molar-refractivity contribution in [3.05, 3.63) is 59.9 Å². The maximum Gasteiger partial charge on any atom is 0.263 e. The number of ether oxygens (including phenoxy) is 1. The van der Waals surface area contributed by atoms with Gasteiger partial charge in [-0.05, 0) is 42.5 Å². The minimum Gasteiger partial charge on any atom is -0.497 e. The fourth-order valence-corrected chi connectivity index (χ4v) is 4.57. The van der Waals surface area contributed by atoms with Crippen LogP contribution in [0.3, 0.4) is 0 Å². The monoisotopic (exact) mass is 461 g/mol. The highest BCUT2D eigenvalue weighted by atomic mass is 32.2. The number of carbonyl (C=O) groups excluding carboxylic acids is 1. The van der Waals surface area contributed by atoms with E-state index in [1.165, 1.54) is 23.5 Å². The molecule has 2 aromatic rings. The minimum absolute atomic E-state index is 0.189. The van der Waals surface area contributed by atoms with Crippen molar-refractivity contribution in [3.8, 4) is 17.6 Å². The largest absolute Gasteiger partial charge is 0.497 e. The SMILES string of the molecule is COc1cccc(C#CCN(O)C(=O)CS(=O)(=O)N2CCN(c3ccc(F)cc3)CC2)c1. The van der Waals surface area contributed by atoms with Crippen molar-refractivity contribution in [2.45, 2.75) is 0 Å². The number of hydrogen-bond donors (Lipinski definition) is 1. The van der Waals surface area contributed by atoms with Gasteiger partial charge < -0.3 is 9.64 Å². The fraction of sp³-hybridized carbons (Fsp3) is 0.318. The predicted octanol–water partition coefficient (Wildman–Crippen LogP) is 1.56. The molecule has 0 spiro atoms. The summed E-state index contributed by atoms with van der Waals surface area (Å²) in [6.07, 6.45) is 0. The normalized spacial score (nSPS) is 14.4. The summed E-state index contributed by atoms with van der Waals surface area (Å²) in [6.45, 7) is 0.869. The molecule has 0 saturated carbocycles. The van der Waals surface area contributed by atoms with Crippen molar-refractivity contribution in [2.75, 3.05) is 50.5 Å². The minimum atomic E-state index is -3.90. The molecule has 0 bridgehead atoms. The van der Waals surface area contributed by atoms with E-state index in [0.29, 0.717) is 29.5 Å². The predicted molar refractivity (Wildman–Crippen MR) is 117 cm³/mol. The van der Waals surface area contributed by atoms with Crippen molar-refractivity contribution < 1.29 is 27.5 Å². The molecule has 1 fully saturated rings. The summed E-state index contributed by atoms with van der Waals surface area (Å²) in [5.41, 5.74) is 1.44. The lowest BCUT2D eigenvalue weighted by Crippen LogP contribution is -2.50. The van der Waals surface area contributed by atoms with Gasteiger partial charge in [-0.3, -0.25) is 10.0 Å². The molecular weight excluding hydrogens is 437 g/mol. The first-order valence-corrected chi connectivity index (χ1v) is 11.5.